The largest absolute Gasteiger partial charge is 0.497 e. The first-order chi connectivity index (χ1) is 11.2. The van der Waals surface area contributed by atoms with Gasteiger partial charge in [0.05, 0.1) is 30.0 Å². The van der Waals surface area contributed by atoms with Gasteiger partial charge in [-0.15, -0.1) is 0 Å². The minimum atomic E-state index is -0.593. The van der Waals surface area contributed by atoms with Gasteiger partial charge < -0.3 is 14.3 Å². The highest BCUT2D eigenvalue weighted by atomic mass is 35.5. The maximum atomic E-state index is 12.1. The molecule has 1 aliphatic heterocycles. The van der Waals surface area contributed by atoms with Crippen LogP contribution in [0.5, 0.6) is 11.5 Å². The molecule has 0 unspecified atom stereocenters. The minimum Gasteiger partial charge on any atom is -0.497 e. The van der Waals surface area contributed by atoms with Crippen LogP contribution in [0, 0.1) is 0 Å². The van der Waals surface area contributed by atoms with Crippen LogP contribution >= 0.6 is 11.6 Å². The second-order valence-electron chi connectivity index (χ2n) is 4.86. The topological polar surface area (TPSA) is 57.1 Å². The molecule has 2 aromatic carbocycles. The number of nitrogens with zero attached hydrogens (tertiary/aromatic N) is 1. The highest BCUT2D eigenvalue weighted by Gasteiger charge is 2.19. The molecule has 0 amide bonds. The van der Waals surface area contributed by atoms with Crippen LogP contribution in [0.2, 0.25) is 5.02 Å². The number of hydrogen-bond donors (Lipinski definition) is 0. The van der Waals surface area contributed by atoms with Crippen LogP contribution in [0.25, 0.3) is 0 Å². The second-order valence-corrected chi connectivity index (χ2v) is 5.26. The highest BCUT2D eigenvalue weighted by Crippen LogP contribution is 2.29. The van der Waals surface area contributed by atoms with Crippen molar-refractivity contribution >= 4 is 23.3 Å². The molecule has 118 valence electrons. The van der Waals surface area contributed by atoms with Crippen LogP contribution in [-0.2, 0) is 4.84 Å². The molecule has 2 aromatic rings. The molecular formula is C17H14ClNO4. The molecule has 0 aliphatic carbocycles. The van der Waals surface area contributed by atoms with Gasteiger partial charge in [-0.05, 0) is 24.3 Å². The Bertz CT molecular complexity index is 773. The Kier molecular flexibility index (Phi) is 4.48. The Morgan fingerprint density at radius 2 is 2.09 bits per heavy atom. The third-order valence-corrected chi connectivity index (χ3v) is 3.76. The lowest BCUT2D eigenvalue weighted by atomic mass is 10.0. The maximum Gasteiger partial charge on any atom is 0.367 e. The maximum absolute atomic E-state index is 12.1. The lowest BCUT2D eigenvalue weighted by Gasteiger charge is -2.19. The van der Waals surface area contributed by atoms with Crippen molar-refractivity contribution < 1.29 is 19.1 Å². The summed E-state index contributed by atoms with van der Waals surface area (Å²) in [6.07, 6.45) is 0.551. The van der Waals surface area contributed by atoms with Crippen molar-refractivity contribution in [1.29, 1.82) is 0 Å². The van der Waals surface area contributed by atoms with E-state index in [2.05, 4.69) is 5.16 Å². The number of carbonyl (C=O) groups is 1. The number of ether oxygens (including phenoxy) is 2. The summed E-state index contributed by atoms with van der Waals surface area (Å²) in [5, 5.41) is 4.31. The summed E-state index contributed by atoms with van der Waals surface area (Å²) in [5.74, 6) is 0.755. The number of fused-ring (bicyclic) bond motifs is 1. The van der Waals surface area contributed by atoms with E-state index in [4.69, 9.17) is 25.9 Å². The summed E-state index contributed by atoms with van der Waals surface area (Å²) in [5.41, 5.74) is 1.71. The van der Waals surface area contributed by atoms with Crippen molar-refractivity contribution in [3.63, 3.8) is 0 Å². The summed E-state index contributed by atoms with van der Waals surface area (Å²) < 4.78 is 10.7. The molecule has 0 atom stereocenters. The molecule has 0 spiro atoms. The van der Waals surface area contributed by atoms with Gasteiger partial charge in [-0.2, -0.15) is 0 Å². The standard InChI is InChI=1S/C17H14ClNO4/c1-21-11-6-7-13-15(8-9-22-16(13)10-11)19-23-17(20)12-4-2-3-5-14(12)18/h2-7,10H,8-9H2,1H3. The first-order valence-corrected chi connectivity index (χ1v) is 7.41. The fraction of sp³-hybridized carbons (Fsp3) is 0.176. The van der Waals surface area contributed by atoms with Crippen LogP contribution in [0.1, 0.15) is 22.3 Å². The van der Waals surface area contributed by atoms with Crippen LogP contribution < -0.4 is 9.47 Å². The smallest absolute Gasteiger partial charge is 0.367 e. The first-order valence-electron chi connectivity index (χ1n) is 7.03. The average Bonchev–Trinajstić information content (AvgIpc) is 2.59. The number of carbonyl (C=O) groups excluding carboxylic acids is 1. The van der Waals surface area contributed by atoms with E-state index in [0.717, 1.165) is 5.56 Å². The monoisotopic (exact) mass is 331 g/mol. The predicted molar refractivity (Wildman–Crippen MR) is 86.5 cm³/mol. The van der Waals surface area contributed by atoms with Gasteiger partial charge in [0, 0.05) is 18.1 Å². The zero-order chi connectivity index (χ0) is 16.2. The molecule has 0 N–H and O–H groups in total. The predicted octanol–water partition coefficient (Wildman–Crippen LogP) is 3.69. The van der Waals surface area contributed by atoms with Crippen molar-refractivity contribution in [1.82, 2.24) is 0 Å². The molecule has 0 fully saturated rings. The quantitative estimate of drug-likeness (QED) is 0.635. The van der Waals surface area contributed by atoms with E-state index >= 15 is 0 Å². The van der Waals surface area contributed by atoms with Crippen molar-refractivity contribution in [2.75, 3.05) is 13.7 Å². The summed E-state index contributed by atoms with van der Waals surface area (Å²) in [6, 6.07) is 12.1. The van der Waals surface area contributed by atoms with Crippen molar-refractivity contribution in [3.8, 4) is 11.5 Å². The SMILES string of the molecule is COc1ccc2c(c1)OCCC2=NOC(=O)c1ccccc1Cl. The normalized spacial score (nSPS) is 14.8. The molecule has 0 bridgehead atoms. The van der Waals surface area contributed by atoms with Gasteiger partial charge in [0.25, 0.3) is 0 Å². The van der Waals surface area contributed by atoms with E-state index in [0.29, 0.717) is 35.3 Å². The fourth-order valence-corrected chi connectivity index (χ4v) is 2.46. The lowest BCUT2D eigenvalue weighted by Crippen LogP contribution is -2.17. The van der Waals surface area contributed by atoms with Gasteiger partial charge in [0.15, 0.2) is 0 Å². The molecule has 1 aliphatic rings. The minimum absolute atomic E-state index is 0.278. The highest BCUT2D eigenvalue weighted by molar-refractivity contribution is 6.33. The van der Waals surface area contributed by atoms with E-state index in [-0.39, 0.29) is 5.56 Å². The van der Waals surface area contributed by atoms with Gasteiger partial charge in [-0.3, -0.25) is 0 Å². The van der Waals surface area contributed by atoms with E-state index in [1.807, 2.05) is 6.07 Å². The summed E-state index contributed by atoms with van der Waals surface area (Å²) in [7, 11) is 1.59. The third-order valence-electron chi connectivity index (χ3n) is 3.43. The molecule has 0 radical (unpaired) electrons. The van der Waals surface area contributed by atoms with E-state index in [1.165, 1.54) is 0 Å². The molecule has 0 saturated heterocycles. The average molecular weight is 332 g/mol. The van der Waals surface area contributed by atoms with E-state index < -0.39 is 5.97 Å². The van der Waals surface area contributed by atoms with Crippen LogP contribution in [0.3, 0.4) is 0 Å². The Labute approximate surface area is 138 Å². The van der Waals surface area contributed by atoms with E-state index in [1.54, 1.807) is 43.5 Å². The molecular weight excluding hydrogens is 318 g/mol. The Morgan fingerprint density at radius 1 is 1.26 bits per heavy atom. The van der Waals surface area contributed by atoms with Gasteiger partial charge in [0.2, 0.25) is 0 Å². The zero-order valence-electron chi connectivity index (χ0n) is 12.4. The zero-order valence-corrected chi connectivity index (χ0v) is 13.2. The Balaban J connectivity index is 1.82. The number of halogens is 1. The molecule has 3 rings (SSSR count). The van der Waals surface area contributed by atoms with E-state index in [9.17, 15) is 4.79 Å². The molecule has 1 heterocycles. The van der Waals surface area contributed by atoms with Gasteiger partial charge in [-0.1, -0.05) is 28.9 Å². The number of hydrogen-bond acceptors (Lipinski definition) is 5. The summed E-state index contributed by atoms with van der Waals surface area (Å²) in [4.78, 5) is 17.1. The molecule has 5 nitrogen and oxygen atoms in total. The molecule has 0 saturated carbocycles. The summed E-state index contributed by atoms with van der Waals surface area (Å²) >= 11 is 5.97. The Morgan fingerprint density at radius 3 is 2.87 bits per heavy atom. The van der Waals surface area contributed by atoms with Gasteiger partial charge >= 0.3 is 5.97 Å². The summed E-state index contributed by atoms with van der Waals surface area (Å²) in [6.45, 7) is 0.461. The van der Waals surface area contributed by atoms with Gasteiger partial charge in [0.1, 0.15) is 11.5 Å². The number of methoxy groups -OCH3 is 1. The molecule has 6 heteroatoms. The van der Waals surface area contributed by atoms with Crippen molar-refractivity contribution in [2.24, 2.45) is 5.16 Å². The second kappa shape index (κ2) is 6.71. The van der Waals surface area contributed by atoms with Crippen molar-refractivity contribution in [3.05, 3.63) is 58.6 Å². The first kappa shape index (κ1) is 15.4. The van der Waals surface area contributed by atoms with Crippen molar-refractivity contribution in [2.45, 2.75) is 6.42 Å². The Hall–Kier alpha value is -2.53. The number of benzene rings is 2. The number of oxime groups is 1. The van der Waals surface area contributed by atoms with Crippen LogP contribution in [-0.4, -0.2) is 25.4 Å². The van der Waals surface area contributed by atoms with Crippen LogP contribution in [0.15, 0.2) is 47.6 Å². The lowest BCUT2D eigenvalue weighted by molar-refractivity contribution is 0.0514. The fourth-order valence-electron chi connectivity index (χ4n) is 2.25. The third kappa shape index (κ3) is 3.29. The molecule has 0 aromatic heterocycles. The van der Waals surface area contributed by atoms with Crippen LogP contribution in [0.4, 0.5) is 0 Å². The molecule has 23 heavy (non-hydrogen) atoms. The number of rotatable bonds is 3. The van der Waals surface area contributed by atoms with Gasteiger partial charge in [-0.25, -0.2) is 4.79 Å².